The van der Waals surface area contributed by atoms with Gasteiger partial charge in [-0.2, -0.15) is 4.98 Å². The first-order chi connectivity index (χ1) is 12.6. The van der Waals surface area contributed by atoms with Crippen LogP contribution < -0.4 is 4.74 Å². The quantitative estimate of drug-likeness (QED) is 0.789. The monoisotopic (exact) mass is 358 g/mol. The van der Waals surface area contributed by atoms with Crippen LogP contribution in [0.3, 0.4) is 0 Å². The number of para-hydroxylation sites is 1. The van der Waals surface area contributed by atoms with Crippen molar-refractivity contribution in [1.29, 1.82) is 0 Å². The summed E-state index contributed by atoms with van der Waals surface area (Å²) in [7, 11) is 2.08. The van der Waals surface area contributed by atoms with E-state index in [0.29, 0.717) is 24.3 Å². The van der Waals surface area contributed by atoms with Crippen LogP contribution in [0.2, 0.25) is 0 Å². The van der Waals surface area contributed by atoms with Gasteiger partial charge in [0.15, 0.2) is 12.4 Å². The van der Waals surface area contributed by atoms with E-state index in [1.807, 2.05) is 35.2 Å². The first kappa shape index (κ1) is 18.4. The van der Waals surface area contributed by atoms with E-state index in [1.54, 1.807) is 6.92 Å². The third kappa shape index (κ3) is 5.05. The zero-order chi connectivity index (χ0) is 18.4. The van der Waals surface area contributed by atoms with Crippen molar-refractivity contribution in [3.05, 3.63) is 42.0 Å². The molecule has 7 heteroatoms. The van der Waals surface area contributed by atoms with Crippen LogP contribution in [0.1, 0.15) is 31.0 Å². The Morgan fingerprint density at radius 1 is 1.31 bits per heavy atom. The molecular weight excluding hydrogens is 332 g/mol. The van der Waals surface area contributed by atoms with Crippen LogP contribution in [0.15, 0.2) is 34.9 Å². The number of likely N-dealkylation sites (tertiary alicyclic amines) is 1. The van der Waals surface area contributed by atoms with E-state index in [9.17, 15) is 4.79 Å². The molecule has 1 saturated heterocycles. The zero-order valence-electron chi connectivity index (χ0n) is 15.4. The minimum absolute atomic E-state index is 0.0472. The number of nitrogens with zero attached hydrogens (tertiary/aromatic N) is 4. The van der Waals surface area contributed by atoms with Crippen LogP contribution >= 0.6 is 0 Å². The van der Waals surface area contributed by atoms with Crippen molar-refractivity contribution in [2.24, 2.45) is 0 Å². The van der Waals surface area contributed by atoms with Gasteiger partial charge in [-0.15, -0.1) is 0 Å². The predicted octanol–water partition coefficient (Wildman–Crippen LogP) is 2.27. The molecule has 1 atom stereocenters. The lowest BCUT2D eigenvalue weighted by atomic mass is 10.1. The molecule has 2 heterocycles. The molecule has 1 amide bonds. The summed E-state index contributed by atoms with van der Waals surface area (Å²) >= 11 is 0. The highest BCUT2D eigenvalue weighted by molar-refractivity contribution is 5.77. The molecule has 0 spiro atoms. The fourth-order valence-corrected chi connectivity index (χ4v) is 3.28. The highest BCUT2D eigenvalue weighted by atomic mass is 16.5. The number of carbonyl (C=O) groups excluding carboxylic acids is 1. The van der Waals surface area contributed by atoms with Crippen molar-refractivity contribution in [3.63, 3.8) is 0 Å². The second kappa shape index (κ2) is 8.80. The predicted molar refractivity (Wildman–Crippen MR) is 96.7 cm³/mol. The summed E-state index contributed by atoms with van der Waals surface area (Å²) in [5.74, 6) is 2.07. The van der Waals surface area contributed by atoms with E-state index in [1.165, 1.54) is 0 Å². The molecule has 1 aromatic heterocycles. The van der Waals surface area contributed by atoms with E-state index in [0.717, 1.165) is 38.1 Å². The largest absolute Gasteiger partial charge is 0.484 e. The summed E-state index contributed by atoms with van der Waals surface area (Å²) in [5.41, 5.74) is 0. The lowest BCUT2D eigenvalue weighted by molar-refractivity contribution is -0.133. The van der Waals surface area contributed by atoms with Gasteiger partial charge in [0, 0.05) is 26.1 Å². The van der Waals surface area contributed by atoms with E-state index in [4.69, 9.17) is 9.26 Å². The van der Waals surface area contributed by atoms with Crippen molar-refractivity contribution in [1.82, 2.24) is 19.9 Å². The molecule has 26 heavy (non-hydrogen) atoms. The summed E-state index contributed by atoms with van der Waals surface area (Å²) in [5, 5.41) is 3.96. The van der Waals surface area contributed by atoms with Crippen LogP contribution in [0.25, 0.3) is 0 Å². The minimum atomic E-state index is 0.0472. The molecule has 1 aliphatic rings. The van der Waals surface area contributed by atoms with Gasteiger partial charge in [-0.25, -0.2) is 0 Å². The fraction of sp³-hybridized carbons (Fsp3) is 0.526. The maximum Gasteiger partial charge on any atom is 0.260 e. The SMILES string of the molecule is Cc1nc(CN(C)[C@@H]2CCCN(C(=O)COc3ccccc3)CC2)no1. The molecule has 0 unspecified atom stereocenters. The Morgan fingerprint density at radius 2 is 2.12 bits per heavy atom. The van der Waals surface area contributed by atoms with Crippen molar-refractivity contribution < 1.29 is 14.1 Å². The van der Waals surface area contributed by atoms with Crippen molar-refractivity contribution >= 4 is 5.91 Å². The third-order valence-electron chi connectivity index (χ3n) is 4.74. The van der Waals surface area contributed by atoms with Gasteiger partial charge in [0.05, 0.1) is 6.54 Å². The molecule has 1 aromatic carbocycles. The number of rotatable bonds is 6. The van der Waals surface area contributed by atoms with Crippen molar-refractivity contribution in [3.8, 4) is 5.75 Å². The molecule has 3 rings (SSSR count). The van der Waals surface area contributed by atoms with Gasteiger partial charge < -0.3 is 14.2 Å². The van der Waals surface area contributed by atoms with Gasteiger partial charge in [-0.05, 0) is 38.4 Å². The number of aryl methyl sites for hydroxylation is 1. The van der Waals surface area contributed by atoms with E-state index >= 15 is 0 Å². The van der Waals surface area contributed by atoms with Gasteiger partial charge in [-0.1, -0.05) is 23.4 Å². The number of benzene rings is 1. The molecule has 0 bridgehead atoms. The standard InChI is InChI=1S/C19H26N4O3/c1-15-20-18(21-26-15)13-22(2)16-7-6-11-23(12-10-16)19(24)14-25-17-8-4-3-5-9-17/h3-5,8-9,16H,6-7,10-14H2,1-2H3/t16-/m1/s1. The Labute approximate surface area is 153 Å². The fourth-order valence-electron chi connectivity index (χ4n) is 3.28. The average molecular weight is 358 g/mol. The molecule has 0 N–H and O–H groups in total. The van der Waals surface area contributed by atoms with Crippen molar-refractivity contribution in [2.45, 2.75) is 38.8 Å². The minimum Gasteiger partial charge on any atom is -0.484 e. The van der Waals surface area contributed by atoms with Gasteiger partial charge >= 0.3 is 0 Å². The molecule has 7 nitrogen and oxygen atoms in total. The Morgan fingerprint density at radius 3 is 2.85 bits per heavy atom. The normalized spacial score (nSPS) is 18.0. The van der Waals surface area contributed by atoms with Gasteiger partial charge in [0.25, 0.3) is 5.91 Å². The lowest BCUT2D eigenvalue weighted by Gasteiger charge is -2.26. The third-order valence-corrected chi connectivity index (χ3v) is 4.74. The van der Waals surface area contributed by atoms with Crippen LogP contribution in [0.5, 0.6) is 5.75 Å². The summed E-state index contributed by atoms with van der Waals surface area (Å²) in [4.78, 5) is 20.9. The van der Waals surface area contributed by atoms with Gasteiger partial charge in [0.2, 0.25) is 5.89 Å². The summed E-state index contributed by atoms with van der Waals surface area (Å²) < 4.78 is 10.6. The molecule has 140 valence electrons. The van der Waals surface area contributed by atoms with E-state index < -0.39 is 0 Å². The number of hydrogen-bond donors (Lipinski definition) is 0. The van der Waals surface area contributed by atoms with E-state index in [2.05, 4.69) is 22.1 Å². The number of aromatic nitrogens is 2. The van der Waals surface area contributed by atoms with Crippen LogP contribution in [0, 0.1) is 6.92 Å². The smallest absolute Gasteiger partial charge is 0.260 e. The maximum absolute atomic E-state index is 12.4. The summed E-state index contributed by atoms with van der Waals surface area (Å²) in [6.45, 7) is 4.07. The lowest BCUT2D eigenvalue weighted by Crippen LogP contribution is -2.37. The Hall–Kier alpha value is -2.41. The second-order valence-electron chi connectivity index (χ2n) is 6.71. The number of carbonyl (C=O) groups is 1. The molecule has 0 radical (unpaired) electrons. The molecule has 1 fully saturated rings. The molecular formula is C19H26N4O3. The summed E-state index contributed by atoms with van der Waals surface area (Å²) in [6.07, 6.45) is 2.97. The van der Waals surface area contributed by atoms with Crippen molar-refractivity contribution in [2.75, 3.05) is 26.7 Å². The molecule has 1 aliphatic heterocycles. The molecule has 0 aliphatic carbocycles. The van der Waals surface area contributed by atoms with Crippen LogP contribution in [0.4, 0.5) is 0 Å². The number of amides is 1. The first-order valence-corrected chi connectivity index (χ1v) is 9.07. The highest BCUT2D eigenvalue weighted by Gasteiger charge is 2.24. The van der Waals surface area contributed by atoms with Crippen LogP contribution in [-0.4, -0.2) is 58.6 Å². The maximum atomic E-state index is 12.4. The van der Waals surface area contributed by atoms with Gasteiger partial charge in [0.1, 0.15) is 5.75 Å². The molecule has 2 aromatic rings. The first-order valence-electron chi connectivity index (χ1n) is 9.07. The summed E-state index contributed by atoms with van der Waals surface area (Å²) in [6, 6.07) is 9.85. The topological polar surface area (TPSA) is 71.7 Å². The Kier molecular flexibility index (Phi) is 6.22. The van der Waals surface area contributed by atoms with Crippen LogP contribution in [-0.2, 0) is 11.3 Å². The average Bonchev–Trinajstić information content (AvgIpc) is 2.91. The number of ether oxygens (including phenoxy) is 1. The Bertz CT molecular complexity index is 704. The Balaban J connectivity index is 1.47. The zero-order valence-corrected chi connectivity index (χ0v) is 15.4. The van der Waals surface area contributed by atoms with Gasteiger partial charge in [-0.3, -0.25) is 9.69 Å². The number of hydrogen-bond acceptors (Lipinski definition) is 6. The van der Waals surface area contributed by atoms with E-state index in [-0.39, 0.29) is 12.5 Å². The second-order valence-corrected chi connectivity index (χ2v) is 6.71. The highest BCUT2D eigenvalue weighted by Crippen LogP contribution is 2.18. The molecule has 0 saturated carbocycles.